The van der Waals surface area contributed by atoms with Crippen LogP contribution in [0.3, 0.4) is 0 Å². The van der Waals surface area contributed by atoms with Crippen LogP contribution in [0.25, 0.3) is 0 Å². The molecule has 3 atom stereocenters. The summed E-state index contributed by atoms with van der Waals surface area (Å²) in [6, 6.07) is -0.0435. The van der Waals surface area contributed by atoms with E-state index in [-0.39, 0.29) is 11.8 Å². The maximum Gasteiger partial charge on any atom is 0.237 e. The van der Waals surface area contributed by atoms with Gasteiger partial charge in [-0.15, -0.1) is 0 Å². The molecule has 2 unspecified atom stereocenters. The molecule has 0 aromatic carbocycles. The van der Waals surface area contributed by atoms with Gasteiger partial charge < -0.3 is 16.0 Å². The molecule has 17 heavy (non-hydrogen) atoms. The normalized spacial score (nSPS) is 17.0. The van der Waals surface area contributed by atoms with E-state index in [4.69, 9.17) is 5.73 Å². The van der Waals surface area contributed by atoms with E-state index in [1.165, 1.54) is 0 Å². The van der Waals surface area contributed by atoms with Gasteiger partial charge in [0.1, 0.15) is 0 Å². The average molecular weight is 243 g/mol. The molecule has 0 aromatic rings. The van der Waals surface area contributed by atoms with Crippen LogP contribution in [-0.4, -0.2) is 43.5 Å². The molecule has 3 N–H and O–H groups in total. The van der Waals surface area contributed by atoms with Crippen molar-refractivity contribution in [3.05, 3.63) is 0 Å². The molecule has 0 aliphatic rings. The summed E-state index contributed by atoms with van der Waals surface area (Å²) in [5, 5.41) is 2.95. The van der Waals surface area contributed by atoms with E-state index in [0.717, 1.165) is 6.42 Å². The van der Waals surface area contributed by atoms with Crippen LogP contribution in [0.5, 0.6) is 0 Å². The van der Waals surface area contributed by atoms with Gasteiger partial charge in [-0.05, 0) is 25.9 Å². The minimum absolute atomic E-state index is 0.0353. The number of carbonyl (C=O) groups is 1. The number of rotatable bonds is 7. The van der Waals surface area contributed by atoms with Gasteiger partial charge >= 0.3 is 0 Å². The predicted octanol–water partition coefficient (Wildman–Crippen LogP) is 1.06. The molecular weight excluding hydrogens is 214 g/mol. The number of hydrogen-bond donors (Lipinski definition) is 2. The Morgan fingerprint density at radius 2 is 1.82 bits per heavy atom. The summed E-state index contributed by atoms with van der Waals surface area (Å²) in [5.74, 6) is 0.698. The topological polar surface area (TPSA) is 58.4 Å². The van der Waals surface area contributed by atoms with Crippen LogP contribution < -0.4 is 11.1 Å². The second-order valence-corrected chi connectivity index (χ2v) is 5.43. The molecule has 0 saturated heterocycles. The SMILES string of the molecule is CCC(C)[C@H](N)C(=O)NCC(C(C)C)N(C)C. The van der Waals surface area contributed by atoms with Crippen LogP contribution >= 0.6 is 0 Å². The lowest BCUT2D eigenvalue weighted by molar-refractivity contribution is -0.123. The Morgan fingerprint density at radius 1 is 1.29 bits per heavy atom. The maximum atomic E-state index is 11.8. The van der Waals surface area contributed by atoms with E-state index in [9.17, 15) is 4.79 Å². The molecule has 0 heterocycles. The van der Waals surface area contributed by atoms with Gasteiger partial charge in [-0.25, -0.2) is 0 Å². The molecule has 4 nitrogen and oxygen atoms in total. The number of nitrogens with zero attached hydrogens (tertiary/aromatic N) is 1. The lowest BCUT2D eigenvalue weighted by Crippen LogP contribution is -2.49. The van der Waals surface area contributed by atoms with Crippen LogP contribution in [0.2, 0.25) is 0 Å². The van der Waals surface area contributed by atoms with Crippen LogP contribution in [0.1, 0.15) is 34.1 Å². The quantitative estimate of drug-likeness (QED) is 0.703. The molecule has 0 saturated carbocycles. The fraction of sp³-hybridized carbons (Fsp3) is 0.923. The zero-order valence-electron chi connectivity index (χ0n) is 12.2. The number of nitrogens with two attached hydrogens (primary N) is 1. The summed E-state index contributed by atoms with van der Waals surface area (Å²) in [5.41, 5.74) is 5.88. The van der Waals surface area contributed by atoms with Gasteiger partial charge in [-0.1, -0.05) is 34.1 Å². The first-order valence-electron chi connectivity index (χ1n) is 6.50. The molecule has 0 aliphatic carbocycles. The van der Waals surface area contributed by atoms with Gasteiger partial charge in [0.15, 0.2) is 0 Å². The van der Waals surface area contributed by atoms with E-state index in [0.29, 0.717) is 18.5 Å². The molecule has 0 aromatic heterocycles. The minimum Gasteiger partial charge on any atom is -0.353 e. The summed E-state index contributed by atoms with van der Waals surface area (Å²) in [4.78, 5) is 14.0. The number of likely N-dealkylation sites (N-methyl/N-ethyl adjacent to an activating group) is 1. The second-order valence-electron chi connectivity index (χ2n) is 5.43. The third-order valence-electron chi connectivity index (χ3n) is 3.48. The van der Waals surface area contributed by atoms with E-state index in [1.54, 1.807) is 0 Å². The molecule has 0 bridgehead atoms. The number of carbonyl (C=O) groups excluding carboxylic acids is 1. The fourth-order valence-electron chi connectivity index (χ4n) is 1.85. The first-order valence-corrected chi connectivity index (χ1v) is 6.50. The predicted molar refractivity (Wildman–Crippen MR) is 72.8 cm³/mol. The Hall–Kier alpha value is -0.610. The molecule has 102 valence electrons. The van der Waals surface area contributed by atoms with Crippen LogP contribution in [0.4, 0.5) is 0 Å². The number of amides is 1. The molecule has 0 rings (SSSR count). The zero-order valence-corrected chi connectivity index (χ0v) is 12.2. The van der Waals surface area contributed by atoms with Gasteiger partial charge in [0, 0.05) is 12.6 Å². The highest BCUT2D eigenvalue weighted by Crippen LogP contribution is 2.08. The molecule has 0 fully saturated rings. The monoisotopic (exact) mass is 243 g/mol. The van der Waals surface area contributed by atoms with E-state index >= 15 is 0 Å². The van der Waals surface area contributed by atoms with Crippen molar-refractivity contribution in [2.45, 2.75) is 46.2 Å². The highest BCUT2D eigenvalue weighted by Gasteiger charge is 2.21. The van der Waals surface area contributed by atoms with Gasteiger partial charge in [0.25, 0.3) is 0 Å². The highest BCUT2D eigenvalue weighted by molar-refractivity contribution is 5.81. The summed E-state index contributed by atoms with van der Waals surface area (Å²) in [6.45, 7) is 9.04. The third-order valence-corrected chi connectivity index (χ3v) is 3.48. The lowest BCUT2D eigenvalue weighted by Gasteiger charge is -2.29. The molecule has 0 spiro atoms. The Labute approximate surface area is 106 Å². The van der Waals surface area contributed by atoms with Crippen molar-refractivity contribution in [3.8, 4) is 0 Å². The van der Waals surface area contributed by atoms with Gasteiger partial charge in [0.05, 0.1) is 6.04 Å². The van der Waals surface area contributed by atoms with Crippen molar-refractivity contribution in [1.29, 1.82) is 0 Å². The Bertz CT molecular complexity index is 221. The molecule has 4 heteroatoms. The van der Waals surface area contributed by atoms with Gasteiger partial charge in [-0.3, -0.25) is 4.79 Å². The van der Waals surface area contributed by atoms with E-state index in [1.807, 2.05) is 21.0 Å². The molecule has 1 amide bonds. The average Bonchev–Trinajstić information content (AvgIpc) is 2.25. The maximum absolute atomic E-state index is 11.8. The molecule has 0 radical (unpaired) electrons. The lowest BCUT2D eigenvalue weighted by atomic mass is 9.98. The van der Waals surface area contributed by atoms with Crippen LogP contribution in [-0.2, 0) is 4.79 Å². The fourth-order valence-corrected chi connectivity index (χ4v) is 1.85. The van der Waals surface area contributed by atoms with Gasteiger partial charge in [0.2, 0.25) is 5.91 Å². The molecule has 0 aliphatic heterocycles. The largest absolute Gasteiger partial charge is 0.353 e. The van der Waals surface area contributed by atoms with Crippen molar-refractivity contribution in [2.24, 2.45) is 17.6 Å². The number of nitrogens with one attached hydrogen (secondary N) is 1. The summed E-state index contributed by atoms with van der Waals surface area (Å²) in [6.07, 6.45) is 0.926. The Morgan fingerprint density at radius 3 is 2.18 bits per heavy atom. The van der Waals surface area contributed by atoms with Crippen molar-refractivity contribution in [2.75, 3.05) is 20.6 Å². The van der Waals surface area contributed by atoms with Crippen molar-refractivity contribution in [3.63, 3.8) is 0 Å². The second kappa shape index (κ2) is 7.67. The van der Waals surface area contributed by atoms with Crippen molar-refractivity contribution in [1.82, 2.24) is 10.2 Å². The first-order chi connectivity index (χ1) is 7.81. The molecular formula is C13H29N3O. The number of hydrogen-bond acceptors (Lipinski definition) is 3. The van der Waals surface area contributed by atoms with Crippen molar-refractivity contribution >= 4 is 5.91 Å². The van der Waals surface area contributed by atoms with E-state index < -0.39 is 6.04 Å². The first kappa shape index (κ1) is 16.4. The minimum atomic E-state index is -0.394. The van der Waals surface area contributed by atoms with Crippen LogP contribution in [0.15, 0.2) is 0 Å². The smallest absolute Gasteiger partial charge is 0.237 e. The Balaban J connectivity index is 4.22. The highest BCUT2D eigenvalue weighted by atomic mass is 16.2. The summed E-state index contributed by atoms with van der Waals surface area (Å²) in [7, 11) is 4.07. The summed E-state index contributed by atoms with van der Waals surface area (Å²) < 4.78 is 0. The van der Waals surface area contributed by atoms with Crippen LogP contribution in [0, 0.1) is 11.8 Å². The standard InChI is InChI=1S/C13H29N3O/c1-7-10(4)12(14)13(17)15-8-11(9(2)3)16(5)6/h9-12H,7-8,14H2,1-6H3,(H,15,17)/t10?,11?,12-/m0/s1. The third kappa shape index (κ3) is 5.50. The van der Waals surface area contributed by atoms with Gasteiger partial charge in [-0.2, -0.15) is 0 Å². The zero-order chi connectivity index (χ0) is 13.6. The Kier molecular flexibility index (Phi) is 7.39. The van der Waals surface area contributed by atoms with Crippen molar-refractivity contribution < 1.29 is 4.79 Å². The summed E-state index contributed by atoms with van der Waals surface area (Å²) >= 11 is 0. The van der Waals surface area contributed by atoms with E-state index in [2.05, 4.69) is 31.0 Å².